The molecular weight excluding hydrogens is 242 g/mol. The molecule has 0 amide bonds. The van der Waals surface area contributed by atoms with E-state index in [4.69, 9.17) is 0 Å². The smallest absolute Gasteiger partial charge is 0.161 e. The fraction of sp³-hybridized carbons (Fsp3) is 0.500. The van der Waals surface area contributed by atoms with Crippen LogP contribution in [-0.4, -0.2) is 31.1 Å². The molecule has 4 heteroatoms. The van der Waals surface area contributed by atoms with Gasteiger partial charge in [-0.1, -0.05) is 25.1 Å². The van der Waals surface area contributed by atoms with Crippen molar-refractivity contribution in [3.05, 3.63) is 24.3 Å². The van der Waals surface area contributed by atoms with Crippen LogP contribution in [0.2, 0.25) is 0 Å². The second-order valence-corrected chi connectivity index (χ2v) is 6.03. The van der Waals surface area contributed by atoms with Gasteiger partial charge in [0, 0.05) is 30.7 Å². The van der Waals surface area contributed by atoms with Crippen LogP contribution in [0.15, 0.2) is 29.3 Å². The zero-order chi connectivity index (χ0) is 13.0. The van der Waals surface area contributed by atoms with Gasteiger partial charge < -0.3 is 10.2 Å². The van der Waals surface area contributed by atoms with Crippen LogP contribution >= 0.6 is 11.8 Å². The third kappa shape index (κ3) is 3.42. The van der Waals surface area contributed by atoms with Crippen molar-refractivity contribution >= 4 is 28.3 Å². The molecule has 3 nitrogen and oxygen atoms in total. The largest absolute Gasteiger partial charge is 0.378 e. The summed E-state index contributed by atoms with van der Waals surface area (Å²) >= 11 is 1.87. The number of hydrogen-bond acceptors (Lipinski definition) is 4. The van der Waals surface area contributed by atoms with Crippen LogP contribution in [0.5, 0.6) is 0 Å². The Kier molecular flexibility index (Phi) is 4.53. The van der Waals surface area contributed by atoms with Gasteiger partial charge in [0.1, 0.15) is 0 Å². The maximum Gasteiger partial charge on any atom is 0.161 e. The maximum absolute atomic E-state index is 4.55. The van der Waals surface area contributed by atoms with Crippen LogP contribution in [-0.2, 0) is 0 Å². The van der Waals surface area contributed by atoms with Gasteiger partial charge >= 0.3 is 0 Å². The van der Waals surface area contributed by atoms with E-state index in [1.54, 1.807) is 0 Å². The van der Waals surface area contributed by atoms with Crippen molar-refractivity contribution in [1.82, 2.24) is 0 Å². The molecule has 0 aliphatic carbocycles. The summed E-state index contributed by atoms with van der Waals surface area (Å²) < 4.78 is 0. The Morgan fingerprint density at radius 3 is 2.67 bits per heavy atom. The Labute approximate surface area is 114 Å². The van der Waals surface area contributed by atoms with Crippen LogP contribution in [0.4, 0.5) is 11.4 Å². The Bertz CT molecular complexity index is 412. The zero-order valence-electron chi connectivity index (χ0n) is 11.3. The molecule has 0 saturated carbocycles. The van der Waals surface area contributed by atoms with Gasteiger partial charge in [-0.2, -0.15) is 0 Å². The topological polar surface area (TPSA) is 27.6 Å². The molecule has 0 saturated heterocycles. The zero-order valence-corrected chi connectivity index (χ0v) is 12.1. The number of rotatable bonds is 4. The first-order valence-corrected chi connectivity index (χ1v) is 7.32. The Morgan fingerprint density at radius 1 is 1.33 bits per heavy atom. The van der Waals surface area contributed by atoms with Crippen molar-refractivity contribution < 1.29 is 0 Å². The van der Waals surface area contributed by atoms with Gasteiger partial charge in [0.25, 0.3) is 0 Å². The van der Waals surface area contributed by atoms with E-state index in [0.29, 0.717) is 5.25 Å². The van der Waals surface area contributed by atoms with Crippen LogP contribution in [0.25, 0.3) is 0 Å². The van der Waals surface area contributed by atoms with E-state index in [0.717, 1.165) is 17.4 Å². The normalized spacial score (nSPS) is 18.6. The molecule has 0 aromatic heterocycles. The summed E-state index contributed by atoms with van der Waals surface area (Å²) in [5.74, 6) is 0. The van der Waals surface area contributed by atoms with E-state index in [1.807, 2.05) is 11.8 Å². The molecule has 1 unspecified atom stereocenters. The molecule has 1 atom stereocenters. The number of anilines is 2. The first-order valence-electron chi connectivity index (χ1n) is 6.44. The lowest BCUT2D eigenvalue weighted by molar-refractivity contribution is 0.754. The number of thioether (sulfide) groups is 1. The molecule has 1 aliphatic rings. The highest BCUT2D eigenvalue weighted by Gasteiger charge is 2.18. The van der Waals surface area contributed by atoms with Crippen LogP contribution in [0.1, 0.15) is 19.8 Å². The molecule has 98 valence electrons. The Hall–Kier alpha value is -1.16. The first kappa shape index (κ1) is 13.3. The average molecular weight is 263 g/mol. The predicted octanol–water partition coefficient (Wildman–Crippen LogP) is 3.44. The summed E-state index contributed by atoms with van der Waals surface area (Å²) in [5, 5.41) is 5.12. The standard InChI is InChI=1S/C14H21N3S/c1-4-5-13-10-15-14(18-13)16-11-6-8-12(9-7-11)17(2)3/h6-9,13H,4-5,10H2,1-3H3,(H,15,16). The fourth-order valence-corrected chi connectivity index (χ4v) is 3.07. The van der Waals surface area contributed by atoms with Gasteiger partial charge in [-0.05, 0) is 30.7 Å². The Morgan fingerprint density at radius 2 is 2.06 bits per heavy atom. The van der Waals surface area contributed by atoms with Crippen LogP contribution in [0, 0.1) is 0 Å². The van der Waals surface area contributed by atoms with Gasteiger partial charge in [-0.3, -0.25) is 4.99 Å². The highest BCUT2D eigenvalue weighted by Crippen LogP contribution is 2.26. The summed E-state index contributed by atoms with van der Waals surface area (Å²) in [4.78, 5) is 6.65. The first-order chi connectivity index (χ1) is 8.69. The third-order valence-corrected chi connectivity index (χ3v) is 4.13. The summed E-state index contributed by atoms with van der Waals surface area (Å²) in [6.45, 7) is 3.18. The highest BCUT2D eigenvalue weighted by molar-refractivity contribution is 8.15. The molecule has 1 aliphatic heterocycles. The maximum atomic E-state index is 4.55. The average Bonchev–Trinajstić information content (AvgIpc) is 2.78. The SMILES string of the molecule is CCCC1CN=C(Nc2ccc(N(C)C)cc2)S1. The summed E-state index contributed by atoms with van der Waals surface area (Å²) in [5.41, 5.74) is 2.33. The van der Waals surface area contributed by atoms with Gasteiger partial charge in [-0.25, -0.2) is 0 Å². The molecule has 1 aromatic carbocycles. The van der Waals surface area contributed by atoms with Gasteiger partial charge in [0.2, 0.25) is 0 Å². The van der Waals surface area contributed by atoms with Crippen molar-refractivity contribution in [3.8, 4) is 0 Å². The number of benzene rings is 1. The number of hydrogen-bond donors (Lipinski definition) is 1. The van der Waals surface area contributed by atoms with Gasteiger partial charge in [0.05, 0.1) is 6.54 Å². The lowest BCUT2D eigenvalue weighted by Crippen LogP contribution is -2.09. The molecule has 0 spiro atoms. The second kappa shape index (κ2) is 6.14. The summed E-state index contributed by atoms with van der Waals surface area (Å²) in [6, 6.07) is 8.44. The monoisotopic (exact) mass is 263 g/mol. The number of amidine groups is 1. The molecule has 0 radical (unpaired) electrons. The number of nitrogens with one attached hydrogen (secondary N) is 1. The Balaban J connectivity index is 1.90. The van der Waals surface area contributed by atoms with Crippen molar-refractivity contribution in [3.63, 3.8) is 0 Å². The summed E-state index contributed by atoms with van der Waals surface area (Å²) in [7, 11) is 4.10. The van der Waals surface area contributed by atoms with Crippen molar-refractivity contribution in [2.75, 3.05) is 30.9 Å². The quantitative estimate of drug-likeness (QED) is 0.902. The summed E-state index contributed by atoms with van der Waals surface area (Å²) in [6.07, 6.45) is 2.48. The molecule has 0 fully saturated rings. The molecule has 0 bridgehead atoms. The molecule has 18 heavy (non-hydrogen) atoms. The lowest BCUT2D eigenvalue weighted by atomic mass is 10.2. The predicted molar refractivity (Wildman–Crippen MR) is 83.0 cm³/mol. The van der Waals surface area contributed by atoms with E-state index in [2.05, 4.69) is 60.5 Å². The van der Waals surface area contributed by atoms with Crippen molar-refractivity contribution in [2.45, 2.75) is 25.0 Å². The second-order valence-electron chi connectivity index (χ2n) is 4.74. The van der Waals surface area contributed by atoms with E-state index in [9.17, 15) is 0 Å². The minimum absolute atomic E-state index is 0.665. The molecule has 1 aromatic rings. The molecule has 1 N–H and O–H groups in total. The van der Waals surface area contributed by atoms with Crippen LogP contribution in [0.3, 0.4) is 0 Å². The van der Waals surface area contributed by atoms with Gasteiger partial charge in [0.15, 0.2) is 5.17 Å². The van der Waals surface area contributed by atoms with E-state index in [1.165, 1.54) is 18.5 Å². The van der Waals surface area contributed by atoms with E-state index >= 15 is 0 Å². The number of nitrogens with zero attached hydrogens (tertiary/aromatic N) is 2. The molecule has 2 rings (SSSR count). The van der Waals surface area contributed by atoms with Gasteiger partial charge in [-0.15, -0.1) is 0 Å². The van der Waals surface area contributed by atoms with Crippen LogP contribution < -0.4 is 10.2 Å². The van der Waals surface area contributed by atoms with E-state index in [-0.39, 0.29) is 0 Å². The minimum Gasteiger partial charge on any atom is -0.378 e. The van der Waals surface area contributed by atoms with Crippen molar-refractivity contribution in [2.24, 2.45) is 4.99 Å². The van der Waals surface area contributed by atoms with Crippen molar-refractivity contribution in [1.29, 1.82) is 0 Å². The number of aliphatic imine (C=N–C) groups is 1. The molecular formula is C14H21N3S. The fourth-order valence-electron chi connectivity index (χ4n) is 1.92. The molecule has 1 heterocycles. The minimum atomic E-state index is 0.665. The third-order valence-electron chi connectivity index (χ3n) is 2.96. The lowest BCUT2D eigenvalue weighted by Gasteiger charge is -2.13. The van der Waals surface area contributed by atoms with E-state index < -0.39 is 0 Å². The highest BCUT2D eigenvalue weighted by atomic mass is 32.2.